The van der Waals surface area contributed by atoms with Crippen LogP contribution in [-0.4, -0.2) is 46.7 Å². The van der Waals surface area contributed by atoms with Gasteiger partial charge < -0.3 is 10.2 Å². The summed E-state index contributed by atoms with van der Waals surface area (Å²) in [5, 5.41) is 10.1. The Morgan fingerprint density at radius 2 is 2.50 bits per heavy atom. The Morgan fingerprint density at radius 3 is 3.11 bits per heavy atom. The molecule has 100 valence electrons. The van der Waals surface area contributed by atoms with E-state index in [1.807, 2.05) is 4.90 Å². The molecule has 0 saturated carbocycles. The third-order valence-electron chi connectivity index (χ3n) is 3.59. The van der Waals surface area contributed by atoms with E-state index in [-0.39, 0.29) is 5.91 Å². The van der Waals surface area contributed by atoms with Crippen molar-refractivity contribution < 1.29 is 4.79 Å². The largest absolute Gasteiger partial charge is 0.338 e. The Hall–Kier alpha value is -1.36. The van der Waals surface area contributed by atoms with Gasteiger partial charge in [0.2, 0.25) is 0 Å². The Bertz CT molecular complexity index is 376. The van der Waals surface area contributed by atoms with Gasteiger partial charge in [0.1, 0.15) is 0 Å². The Kier molecular flexibility index (Phi) is 4.36. The topological polar surface area (TPSA) is 61.0 Å². The van der Waals surface area contributed by atoms with E-state index >= 15 is 0 Å². The highest BCUT2D eigenvalue weighted by Gasteiger charge is 2.28. The highest BCUT2D eigenvalue weighted by molar-refractivity contribution is 5.93. The Morgan fingerprint density at radius 1 is 1.67 bits per heavy atom. The highest BCUT2D eigenvalue weighted by atomic mass is 16.2. The zero-order chi connectivity index (χ0) is 13.0. The molecule has 5 nitrogen and oxygen atoms in total. The Labute approximate surface area is 108 Å². The molecule has 18 heavy (non-hydrogen) atoms. The molecule has 1 aliphatic heterocycles. The zero-order valence-electron chi connectivity index (χ0n) is 11.1. The second-order valence-corrected chi connectivity index (χ2v) is 5.06. The number of piperidine rings is 1. The normalized spacial score (nSPS) is 24.2. The van der Waals surface area contributed by atoms with Crippen molar-refractivity contribution in [2.45, 2.75) is 32.7 Å². The summed E-state index contributed by atoms with van der Waals surface area (Å²) in [4.78, 5) is 14.1. The van der Waals surface area contributed by atoms with Crippen LogP contribution in [0, 0.1) is 5.92 Å². The molecule has 1 aliphatic rings. The third-order valence-corrected chi connectivity index (χ3v) is 3.59. The zero-order valence-corrected chi connectivity index (χ0v) is 11.1. The number of hydrogen-bond acceptors (Lipinski definition) is 3. The predicted molar refractivity (Wildman–Crippen MR) is 70.4 cm³/mol. The van der Waals surface area contributed by atoms with Crippen LogP contribution in [-0.2, 0) is 0 Å². The van der Waals surface area contributed by atoms with E-state index in [0.29, 0.717) is 17.5 Å². The van der Waals surface area contributed by atoms with E-state index < -0.39 is 0 Å². The number of nitrogens with one attached hydrogen (secondary N) is 2. The number of carbonyl (C=O) groups is 1. The van der Waals surface area contributed by atoms with Crippen molar-refractivity contribution in [2.75, 3.05) is 19.6 Å². The summed E-state index contributed by atoms with van der Waals surface area (Å²) in [6.07, 6.45) is 5.44. The first-order valence-electron chi connectivity index (χ1n) is 6.73. The fraction of sp³-hybridized carbons (Fsp3) is 0.692. The predicted octanol–water partition coefficient (Wildman–Crippen LogP) is 1.26. The van der Waals surface area contributed by atoms with Crippen molar-refractivity contribution in [3.05, 3.63) is 18.0 Å². The molecule has 2 rings (SSSR count). The first-order chi connectivity index (χ1) is 8.72. The van der Waals surface area contributed by atoms with Gasteiger partial charge in [0.25, 0.3) is 5.91 Å². The van der Waals surface area contributed by atoms with E-state index in [0.717, 1.165) is 32.5 Å². The molecule has 0 spiro atoms. The van der Waals surface area contributed by atoms with Gasteiger partial charge in [-0.15, -0.1) is 0 Å². The smallest absolute Gasteiger partial charge is 0.257 e. The number of aromatic nitrogens is 2. The molecule has 0 aromatic carbocycles. The van der Waals surface area contributed by atoms with E-state index in [4.69, 9.17) is 0 Å². The van der Waals surface area contributed by atoms with Crippen molar-refractivity contribution >= 4 is 5.91 Å². The molecule has 5 heteroatoms. The molecule has 2 heterocycles. The number of amides is 1. The van der Waals surface area contributed by atoms with Gasteiger partial charge in [-0.05, 0) is 25.3 Å². The second-order valence-electron chi connectivity index (χ2n) is 5.06. The minimum Gasteiger partial charge on any atom is -0.338 e. The van der Waals surface area contributed by atoms with Gasteiger partial charge in [-0.3, -0.25) is 9.89 Å². The van der Waals surface area contributed by atoms with Gasteiger partial charge >= 0.3 is 0 Å². The summed E-state index contributed by atoms with van der Waals surface area (Å²) in [5.74, 6) is 0.589. The lowest BCUT2D eigenvalue weighted by atomic mass is 9.93. The molecule has 0 radical (unpaired) electrons. The molecule has 1 aromatic heterocycles. The molecular formula is C13H22N4O. The molecule has 2 atom stereocenters. The summed E-state index contributed by atoms with van der Waals surface area (Å²) in [5.41, 5.74) is 0.655. The van der Waals surface area contributed by atoms with E-state index in [9.17, 15) is 4.79 Å². The van der Waals surface area contributed by atoms with Crippen LogP contribution >= 0.6 is 0 Å². The lowest BCUT2D eigenvalue weighted by Gasteiger charge is -2.37. The van der Waals surface area contributed by atoms with Gasteiger partial charge in [-0.1, -0.05) is 13.8 Å². The summed E-state index contributed by atoms with van der Waals surface area (Å²) < 4.78 is 0. The van der Waals surface area contributed by atoms with Crippen LogP contribution in [0.1, 0.15) is 37.0 Å². The van der Waals surface area contributed by atoms with Crippen LogP contribution in [0.4, 0.5) is 0 Å². The van der Waals surface area contributed by atoms with Gasteiger partial charge in [0, 0.05) is 25.3 Å². The molecule has 1 saturated heterocycles. The van der Waals surface area contributed by atoms with Crippen LogP contribution in [0.5, 0.6) is 0 Å². The minimum absolute atomic E-state index is 0.0875. The minimum atomic E-state index is 0.0875. The molecule has 2 N–H and O–H groups in total. The first kappa shape index (κ1) is 13.1. The van der Waals surface area contributed by atoms with Crippen LogP contribution in [0.2, 0.25) is 0 Å². The number of likely N-dealkylation sites (tertiary alicyclic amines) is 1. The molecular weight excluding hydrogens is 228 g/mol. The lowest BCUT2D eigenvalue weighted by molar-refractivity contribution is 0.0645. The monoisotopic (exact) mass is 250 g/mol. The molecule has 0 aliphatic carbocycles. The number of nitrogens with zero attached hydrogens (tertiary/aromatic N) is 2. The maximum Gasteiger partial charge on any atom is 0.257 e. The molecule has 2 unspecified atom stereocenters. The van der Waals surface area contributed by atoms with Gasteiger partial charge in [-0.2, -0.15) is 5.10 Å². The fourth-order valence-electron chi connectivity index (χ4n) is 2.51. The fourth-order valence-corrected chi connectivity index (χ4v) is 2.51. The van der Waals surface area contributed by atoms with E-state index in [2.05, 4.69) is 29.4 Å². The number of hydrogen-bond donors (Lipinski definition) is 2. The van der Waals surface area contributed by atoms with Crippen molar-refractivity contribution in [2.24, 2.45) is 5.92 Å². The standard InChI is InChI=1S/C13H22N4O/c1-3-5-14-12-4-6-17(9-10(12)2)13(18)11-7-15-16-8-11/h7-8,10,12,14H,3-6,9H2,1-2H3,(H,15,16). The maximum absolute atomic E-state index is 12.2. The lowest BCUT2D eigenvalue weighted by Crippen LogP contribution is -2.50. The Balaban J connectivity index is 1.90. The SMILES string of the molecule is CCCNC1CCN(C(=O)c2cn[nH]c2)CC1C. The molecule has 1 aromatic rings. The number of aromatic amines is 1. The van der Waals surface area contributed by atoms with Crippen molar-refractivity contribution in [3.8, 4) is 0 Å². The summed E-state index contributed by atoms with van der Waals surface area (Å²) in [6.45, 7) is 7.10. The third kappa shape index (κ3) is 2.90. The summed E-state index contributed by atoms with van der Waals surface area (Å²) in [6, 6.07) is 0.540. The van der Waals surface area contributed by atoms with Crippen LogP contribution < -0.4 is 5.32 Å². The van der Waals surface area contributed by atoms with Crippen LogP contribution in [0.25, 0.3) is 0 Å². The number of H-pyrrole nitrogens is 1. The average molecular weight is 250 g/mol. The quantitative estimate of drug-likeness (QED) is 0.845. The van der Waals surface area contributed by atoms with Crippen LogP contribution in [0.3, 0.4) is 0 Å². The molecule has 1 amide bonds. The molecule has 1 fully saturated rings. The number of carbonyl (C=O) groups excluding carboxylic acids is 1. The van der Waals surface area contributed by atoms with E-state index in [1.54, 1.807) is 12.4 Å². The molecule has 0 bridgehead atoms. The van der Waals surface area contributed by atoms with Gasteiger partial charge in [-0.25, -0.2) is 0 Å². The van der Waals surface area contributed by atoms with Gasteiger partial charge in [0.15, 0.2) is 0 Å². The van der Waals surface area contributed by atoms with Crippen molar-refractivity contribution in [1.29, 1.82) is 0 Å². The van der Waals surface area contributed by atoms with Crippen molar-refractivity contribution in [3.63, 3.8) is 0 Å². The van der Waals surface area contributed by atoms with Crippen LogP contribution in [0.15, 0.2) is 12.4 Å². The van der Waals surface area contributed by atoms with E-state index in [1.165, 1.54) is 0 Å². The average Bonchev–Trinajstić information content (AvgIpc) is 2.90. The summed E-state index contributed by atoms with van der Waals surface area (Å²) in [7, 11) is 0. The summed E-state index contributed by atoms with van der Waals surface area (Å²) >= 11 is 0. The highest BCUT2D eigenvalue weighted by Crippen LogP contribution is 2.18. The first-order valence-corrected chi connectivity index (χ1v) is 6.73. The maximum atomic E-state index is 12.2. The number of rotatable bonds is 4. The second kappa shape index (κ2) is 6.00. The van der Waals surface area contributed by atoms with Crippen molar-refractivity contribution in [1.82, 2.24) is 20.4 Å². The van der Waals surface area contributed by atoms with Gasteiger partial charge in [0.05, 0.1) is 11.8 Å².